The average molecular weight is 317 g/mol. The number of amides is 2. The second-order valence-electron chi connectivity index (χ2n) is 6.77. The Morgan fingerprint density at radius 2 is 1.78 bits per heavy atom. The number of piperidine rings is 1. The minimum absolute atomic E-state index is 0.0912. The lowest BCUT2D eigenvalue weighted by Gasteiger charge is -2.43. The van der Waals surface area contributed by atoms with Gasteiger partial charge in [-0.25, -0.2) is 0 Å². The fourth-order valence-electron chi connectivity index (χ4n) is 3.71. The highest BCUT2D eigenvalue weighted by Crippen LogP contribution is 2.38. The molecule has 0 aromatic carbocycles. The van der Waals surface area contributed by atoms with Crippen LogP contribution in [0.2, 0.25) is 0 Å². The van der Waals surface area contributed by atoms with E-state index in [1.165, 1.54) is 6.07 Å². The van der Waals surface area contributed by atoms with E-state index in [4.69, 9.17) is 0 Å². The van der Waals surface area contributed by atoms with Crippen molar-refractivity contribution < 1.29 is 9.59 Å². The zero-order chi connectivity index (χ0) is 16.8. The summed E-state index contributed by atoms with van der Waals surface area (Å²) in [6.45, 7) is 3.02. The van der Waals surface area contributed by atoms with Crippen LogP contribution in [-0.2, 0) is 11.8 Å². The van der Waals surface area contributed by atoms with E-state index in [-0.39, 0.29) is 28.3 Å². The third-order valence-corrected chi connectivity index (χ3v) is 5.59. The Hall–Kier alpha value is -2.11. The number of pyridine rings is 1. The van der Waals surface area contributed by atoms with Gasteiger partial charge in [-0.15, -0.1) is 0 Å². The van der Waals surface area contributed by atoms with E-state index in [0.29, 0.717) is 19.5 Å². The molecule has 2 aliphatic heterocycles. The van der Waals surface area contributed by atoms with Gasteiger partial charge in [0.05, 0.1) is 0 Å². The first-order valence-electron chi connectivity index (χ1n) is 8.07. The molecule has 2 fully saturated rings. The van der Waals surface area contributed by atoms with Crippen LogP contribution in [0.25, 0.3) is 0 Å². The van der Waals surface area contributed by atoms with Crippen molar-refractivity contribution in [2.24, 2.45) is 7.05 Å². The fraction of sp³-hybridized carbons (Fsp3) is 0.588. The minimum atomic E-state index is -0.223. The Morgan fingerprint density at radius 3 is 2.35 bits per heavy atom. The Morgan fingerprint density at radius 1 is 1.13 bits per heavy atom. The molecule has 0 N–H and O–H groups in total. The molecule has 3 heterocycles. The Balaban J connectivity index is 1.76. The Kier molecular flexibility index (Phi) is 3.78. The van der Waals surface area contributed by atoms with Crippen LogP contribution in [-0.4, -0.2) is 51.9 Å². The summed E-state index contributed by atoms with van der Waals surface area (Å²) in [7, 11) is 3.69. The van der Waals surface area contributed by atoms with Gasteiger partial charge in [-0.1, -0.05) is 0 Å². The predicted molar refractivity (Wildman–Crippen MR) is 86.3 cm³/mol. The number of hydrogen-bond donors (Lipinski definition) is 0. The van der Waals surface area contributed by atoms with Crippen LogP contribution in [0.1, 0.15) is 41.7 Å². The number of rotatable bonds is 1. The van der Waals surface area contributed by atoms with Gasteiger partial charge in [0.2, 0.25) is 5.91 Å². The zero-order valence-electron chi connectivity index (χ0n) is 14.0. The summed E-state index contributed by atoms with van der Waals surface area (Å²) >= 11 is 0. The first kappa shape index (κ1) is 15.8. The molecule has 2 saturated heterocycles. The van der Waals surface area contributed by atoms with Gasteiger partial charge < -0.3 is 14.4 Å². The third kappa shape index (κ3) is 2.56. The van der Waals surface area contributed by atoms with Crippen molar-refractivity contribution in [2.75, 3.05) is 20.1 Å². The number of carbonyl (C=O) groups excluding carboxylic acids is 2. The molecule has 3 rings (SSSR count). The van der Waals surface area contributed by atoms with Crippen molar-refractivity contribution in [1.82, 2.24) is 14.4 Å². The number of likely N-dealkylation sites (tertiary alicyclic amines) is 2. The summed E-state index contributed by atoms with van der Waals surface area (Å²) in [4.78, 5) is 40.2. The molecule has 0 bridgehead atoms. The number of aryl methyl sites for hydroxylation is 2. The van der Waals surface area contributed by atoms with E-state index in [2.05, 4.69) is 0 Å². The molecule has 1 aromatic rings. The summed E-state index contributed by atoms with van der Waals surface area (Å²) in [6.07, 6.45) is 4.66. The molecule has 0 unspecified atom stereocenters. The van der Waals surface area contributed by atoms with Gasteiger partial charge in [0, 0.05) is 57.1 Å². The maximum atomic E-state index is 12.7. The van der Waals surface area contributed by atoms with Gasteiger partial charge >= 0.3 is 0 Å². The van der Waals surface area contributed by atoms with Crippen molar-refractivity contribution in [3.8, 4) is 0 Å². The van der Waals surface area contributed by atoms with Crippen molar-refractivity contribution in [3.05, 3.63) is 33.7 Å². The molecule has 1 spiro atoms. The summed E-state index contributed by atoms with van der Waals surface area (Å²) in [5.41, 5.74) is 0.741. The minimum Gasteiger partial charge on any atom is -0.354 e. The van der Waals surface area contributed by atoms with Crippen LogP contribution >= 0.6 is 0 Å². The molecule has 6 nitrogen and oxygen atoms in total. The van der Waals surface area contributed by atoms with Crippen molar-refractivity contribution >= 4 is 11.8 Å². The summed E-state index contributed by atoms with van der Waals surface area (Å²) in [6, 6.07) is 1.50. The van der Waals surface area contributed by atoms with Crippen LogP contribution in [0.4, 0.5) is 0 Å². The normalized spacial score (nSPS) is 20.4. The number of carbonyl (C=O) groups is 2. The standard InChI is InChI=1S/C17H23N3O3/c1-12-10-14(21)13(11-18(12)2)16(23)20-8-6-17(7-9-20)5-4-15(22)19(17)3/h10-11H,4-9H2,1-3H3. The molecular formula is C17H23N3O3. The van der Waals surface area contributed by atoms with Crippen molar-refractivity contribution in [1.29, 1.82) is 0 Å². The summed E-state index contributed by atoms with van der Waals surface area (Å²) in [5.74, 6) is -0.00962. The molecule has 2 amide bonds. The second kappa shape index (κ2) is 5.51. The molecular weight excluding hydrogens is 294 g/mol. The maximum absolute atomic E-state index is 12.7. The van der Waals surface area contributed by atoms with Crippen molar-refractivity contribution in [3.63, 3.8) is 0 Å². The fourth-order valence-corrected chi connectivity index (χ4v) is 3.71. The highest BCUT2D eigenvalue weighted by atomic mass is 16.2. The van der Waals surface area contributed by atoms with E-state index in [1.54, 1.807) is 15.7 Å². The van der Waals surface area contributed by atoms with Gasteiger partial charge in [-0.05, 0) is 26.2 Å². The van der Waals surface area contributed by atoms with E-state index < -0.39 is 0 Å². The lowest BCUT2D eigenvalue weighted by atomic mass is 9.85. The van der Waals surface area contributed by atoms with Gasteiger partial charge in [-0.3, -0.25) is 14.4 Å². The lowest BCUT2D eigenvalue weighted by Crippen LogP contribution is -2.53. The quantitative estimate of drug-likeness (QED) is 0.774. The van der Waals surface area contributed by atoms with E-state index in [1.807, 2.05) is 25.9 Å². The van der Waals surface area contributed by atoms with Crippen LogP contribution in [0, 0.1) is 6.92 Å². The Bertz CT molecular complexity index is 714. The van der Waals surface area contributed by atoms with Crippen LogP contribution < -0.4 is 5.43 Å². The molecule has 0 atom stereocenters. The van der Waals surface area contributed by atoms with E-state index in [0.717, 1.165) is 25.0 Å². The smallest absolute Gasteiger partial charge is 0.259 e. The SMILES string of the molecule is Cc1cc(=O)c(C(=O)N2CCC3(CCC(=O)N3C)CC2)cn1C. The lowest BCUT2D eigenvalue weighted by molar-refractivity contribution is -0.130. The largest absolute Gasteiger partial charge is 0.354 e. The highest BCUT2D eigenvalue weighted by Gasteiger charge is 2.45. The molecule has 0 aliphatic carbocycles. The van der Waals surface area contributed by atoms with Gasteiger partial charge in [0.25, 0.3) is 5.91 Å². The van der Waals surface area contributed by atoms with E-state index >= 15 is 0 Å². The molecule has 1 aromatic heterocycles. The topological polar surface area (TPSA) is 62.6 Å². The van der Waals surface area contributed by atoms with Crippen LogP contribution in [0.3, 0.4) is 0 Å². The number of hydrogen-bond acceptors (Lipinski definition) is 3. The second-order valence-corrected chi connectivity index (χ2v) is 6.77. The molecule has 124 valence electrons. The maximum Gasteiger partial charge on any atom is 0.259 e. The summed E-state index contributed by atoms with van der Waals surface area (Å²) < 4.78 is 1.80. The zero-order valence-corrected chi connectivity index (χ0v) is 14.0. The average Bonchev–Trinajstić information content (AvgIpc) is 2.80. The first-order valence-corrected chi connectivity index (χ1v) is 8.07. The van der Waals surface area contributed by atoms with Gasteiger partial charge in [-0.2, -0.15) is 0 Å². The van der Waals surface area contributed by atoms with Gasteiger partial charge in [0.15, 0.2) is 5.43 Å². The molecule has 0 radical (unpaired) electrons. The predicted octanol–water partition coefficient (Wildman–Crippen LogP) is 0.921. The number of nitrogens with zero attached hydrogens (tertiary/aromatic N) is 3. The third-order valence-electron chi connectivity index (χ3n) is 5.59. The summed E-state index contributed by atoms with van der Waals surface area (Å²) in [5, 5.41) is 0. The van der Waals surface area contributed by atoms with Crippen LogP contribution in [0.15, 0.2) is 17.1 Å². The highest BCUT2D eigenvalue weighted by molar-refractivity contribution is 5.94. The Labute approximate surface area is 135 Å². The molecule has 23 heavy (non-hydrogen) atoms. The molecule has 0 saturated carbocycles. The van der Waals surface area contributed by atoms with Crippen LogP contribution in [0.5, 0.6) is 0 Å². The van der Waals surface area contributed by atoms with Gasteiger partial charge in [0.1, 0.15) is 5.56 Å². The molecule has 6 heteroatoms. The molecule has 2 aliphatic rings. The monoisotopic (exact) mass is 317 g/mol. The van der Waals surface area contributed by atoms with E-state index in [9.17, 15) is 14.4 Å². The first-order chi connectivity index (χ1) is 10.8. The number of aromatic nitrogens is 1. The van der Waals surface area contributed by atoms with Crippen molar-refractivity contribution in [2.45, 2.75) is 38.1 Å².